The van der Waals surface area contributed by atoms with Gasteiger partial charge in [-0.1, -0.05) is 0 Å². The normalized spacial score (nSPS) is 15.3. The Kier molecular flexibility index (Phi) is 6.57. The van der Waals surface area contributed by atoms with E-state index < -0.39 is 5.60 Å². The highest BCUT2D eigenvalue weighted by molar-refractivity contribution is 5.96. The number of piperidine rings is 1. The molecule has 1 fully saturated rings. The van der Waals surface area contributed by atoms with Crippen molar-refractivity contribution < 1.29 is 23.8 Å². The quantitative estimate of drug-likeness (QED) is 0.871. The van der Waals surface area contributed by atoms with Crippen molar-refractivity contribution in [3.05, 3.63) is 23.3 Å². The number of nitrogens with one attached hydrogen (secondary N) is 1. The molecule has 7 nitrogen and oxygen atoms in total. The first-order chi connectivity index (χ1) is 12.6. The van der Waals surface area contributed by atoms with Crippen molar-refractivity contribution >= 4 is 12.0 Å². The van der Waals surface area contributed by atoms with E-state index in [4.69, 9.17) is 14.2 Å². The molecule has 2 rings (SSSR count). The Morgan fingerprint density at radius 2 is 1.63 bits per heavy atom. The first kappa shape index (κ1) is 20.9. The number of nitrogens with zero attached hydrogens (tertiary/aromatic N) is 1. The van der Waals surface area contributed by atoms with Crippen LogP contribution in [0.25, 0.3) is 0 Å². The van der Waals surface area contributed by atoms with Crippen molar-refractivity contribution in [2.75, 3.05) is 27.3 Å². The van der Waals surface area contributed by atoms with Crippen LogP contribution in [0.3, 0.4) is 0 Å². The third-order valence-corrected chi connectivity index (χ3v) is 4.46. The molecule has 1 aliphatic rings. The van der Waals surface area contributed by atoms with E-state index in [0.717, 1.165) is 5.56 Å². The van der Waals surface area contributed by atoms with Crippen LogP contribution in [0.4, 0.5) is 4.79 Å². The summed E-state index contributed by atoms with van der Waals surface area (Å²) in [5, 5.41) is 3.06. The third-order valence-electron chi connectivity index (χ3n) is 4.46. The zero-order valence-corrected chi connectivity index (χ0v) is 17.0. The van der Waals surface area contributed by atoms with E-state index in [-0.39, 0.29) is 18.0 Å². The first-order valence-electron chi connectivity index (χ1n) is 9.16. The molecule has 0 aliphatic carbocycles. The minimum absolute atomic E-state index is 0.0173. The molecule has 1 heterocycles. The average Bonchev–Trinajstić information content (AvgIpc) is 2.60. The van der Waals surface area contributed by atoms with Gasteiger partial charge in [-0.15, -0.1) is 0 Å². The van der Waals surface area contributed by atoms with E-state index in [2.05, 4.69) is 5.32 Å². The van der Waals surface area contributed by atoms with Gasteiger partial charge in [-0.05, 0) is 58.2 Å². The fraction of sp³-hybridized carbons (Fsp3) is 0.600. The third kappa shape index (κ3) is 5.52. The molecule has 1 aromatic rings. The second kappa shape index (κ2) is 8.50. The van der Waals surface area contributed by atoms with E-state index in [1.165, 1.54) is 0 Å². The predicted molar refractivity (Wildman–Crippen MR) is 103 cm³/mol. The summed E-state index contributed by atoms with van der Waals surface area (Å²) in [7, 11) is 3.11. The van der Waals surface area contributed by atoms with Crippen LogP contribution in [0, 0.1) is 6.92 Å². The van der Waals surface area contributed by atoms with Crippen LogP contribution < -0.4 is 14.8 Å². The Bertz CT molecular complexity index is 688. The van der Waals surface area contributed by atoms with Crippen LogP contribution in [-0.2, 0) is 4.74 Å². The molecule has 1 saturated heterocycles. The average molecular weight is 378 g/mol. The van der Waals surface area contributed by atoms with Gasteiger partial charge in [-0.3, -0.25) is 4.79 Å². The van der Waals surface area contributed by atoms with Crippen molar-refractivity contribution in [2.24, 2.45) is 0 Å². The minimum Gasteiger partial charge on any atom is -0.493 e. The van der Waals surface area contributed by atoms with Crippen molar-refractivity contribution in [1.82, 2.24) is 10.2 Å². The van der Waals surface area contributed by atoms with Gasteiger partial charge in [0.2, 0.25) is 0 Å². The molecule has 0 spiro atoms. The van der Waals surface area contributed by atoms with Gasteiger partial charge in [0.15, 0.2) is 11.5 Å². The van der Waals surface area contributed by atoms with Gasteiger partial charge in [0, 0.05) is 24.7 Å². The number of methoxy groups -OCH3 is 2. The number of amides is 2. The summed E-state index contributed by atoms with van der Waals surface area (Å²) in [5.74, 6) is 0.967. The fourth-order valence-corrected chi connectivity index (χ4v) is 3.02. The molecular weight excluding hydrogens is 348 g/mol. The maximum Gasteiger partial charge on any atom is 0.410 e. The number of benzene rings is 1. The second-order valence-corrected chi connectivity index (χ2v) is 7.74. The summed E-state index contributed by atoms with van der Waals surface area (Å²) in [6, 6.07) is 3.50. The first-order valence-corrected chi connectivity index (χ1v) is 9.16. The fourth-order valence-electron chi connectivity index (χ4n) is 3.02. The van der Waals surface area contributed by atoms with Gasteiger partial charge in [-0.2, -0.15) is 0 Å². The summed E-state index contributed by atoms with van der Waals surface area (Å²) in [6.45, 7) is 8.54. The zero-order valence-electron chi connectivity index (χ0n) is 17.0. The summed E-state index contributed by atoms with van der Waals surface area (Å²) in [4.78, 5) is 26.5. The van der Waals surface area contributed by atoms with Gasteiger partial charge < -0.3 is 24.4 Å². The van der Waals surface area contributed by atoms with Crippen LogP contribution in [0.5, 0.6) is 11.5 Å². The summed E-state index contributed by atoms with van der Waals surface area (Å²) in [6.07, 6.45) is 1.08. The van der Waals surface area contributed by atoms with Crippen molar-refractivity contribution in [3.63, 3.8) is 0 Å². The maximum absolute atomic E-state index is 12.7. The molecule has 27 heavy (non-hydrogen) atoms. The van der Waals surface area contributed by atoms with E-state index in [1.807, 2.05) is 27.7 Å². The number of hydrogen-bond donors (Lipinski definition) is 1. The number of carbonyl (C=O) groups is 2. The lowest BCUT2D eigenvalue weighted by Gasteiger charge is -2.33. The van der Waals surface area contributed by atoms with E-state index in [0.29, 0.717) is 43.0 Å². The van der Waals surface area contributed by atoms with Crippen molar-refractivity contribution in [3.8, 4) is 11.5 Å². The van der Waals surface area contributed by atoms with Gasteiger partial charge in [-0.25, -0.2) is 4.79 Å². The standard InChI is InChI=1S/C20H30N2O5/c1-13-11-16(25-5)17(26-6)12-15(13)18(23)21-14-7-9-22(10-8-14)19(24)27-20(2,3)4/h11-12,14H,7-10H2,1-6H3,(H,21,23). The van der Waals surface area contributed by atoms with Crippen LogP contribution in [0.15, 0.2) is 12.1 Å². The Morgan fingerprint density at radius 3 is 2.15 bits per heavy atom. The molecule has 0 aromatic heterocycles. The van der Waals surface area contributed by atoms with Crippen LogP contribution in [0.2, 0.25) is 0 Å². The molecule has 1 aromatic carbocycles. The molecule has 0 atom stereocenters. The highest BCUT2D eigenvalue weighted by Crippen LogP contribution is 2.30. The number of hydrogen-bond acceptors (Lipinski definition) is 5. The predicted octanol–water partition coefficient (Wildman–Crippen LogP) is 3.14. The number of aryl methyl sites for hydroxylation is 1. The lowest BCUT2D eigenvalue weighted by Crippen LogP contribution is -2.47. The van der Waals surface area contributed by atoms with Gasteiger partial charge in [0.1, 0.15) is 5.60 Å². The number of carbonyl (C=O) groups excluding carboxylic acids is 2. The van der Waals surface area contributed by atoms with Gasteiger partial charge >= 0.3 is 6.09 Å². The molecule has 0 unspecified atom stereocenters. The molecule has 0 bridgehead atoms. The van der Waals surface area contributed by atoms with Crippen LogP contribution >= 0.6 is 0 Å². The smallest absolute Gasteiger partial charge is 0.410 e. The Labute approximate surface area is 161 Å². The van der Waals surface area contributed by atoms with Crippen LogP contribution in [-0.4, -0.2) is 55.9 Å². The maximum atomic E-state index is 12.7. The zero-order chi connectivity index (χ0) is 20.2. The number of likely N-dealkylation sites (tertiary alicyclic amines) is 1. The van der Waals surface area contributed by atoms with Gasteiger partial charge in [0.05, 0.1) is 14.2 Å². The largest absolute Gasteiger partial charge is 0.493 e. The number of ether oxygens (including phenoxy) is 3. The molecule has 7 heteroatoms. The van der Waals surface area contributed by atoms with E-state index in [9.17, 15) is 9.59 Å². The summed E-state index contributed by atoms with van der Waals surface area (Å²) >= 11 is 0. The summed E-state index contributed by atoms with van der Waals surface area (Å²) < 4.78 is 16.0. The number of rotatable bonds is 4. The Hall–Kier alpha value is -2.44. The Morgan fingerprint density at radius 1 is 1.07 bits per heavy atom. The van der Waals surface area contributed by atoms with Crippen LogP contribution in [0.1, 0.15) is 49.5 Å². The monoisotopic (exact) mass is 378 g/mol. The SMILES string of the molecule is COc1cc(C)c(C(=O)NC2CCN(C(=O)OC(C)(C)C)CC2)cc1OC. The molecule has 2 amide bonds. The molecular formula is C20H30N2O5. The van der Waals surface area contributed by atoms with Gasteiger partial charge in [0.25, 0.3) is 5.91 Å². The minimum atomic E-state index is -0.507. The molecule has 0 saturated carbocycles. The Balaban J connectivity index is 1.96. The lowest BCUT2D eigenvalue weighted by molar-refractivity contribution is 0.0199. The summed E-state index contributed by atoms with van der Waals surface area (Å²) in [5.41, 5.74) is 0.867. The molecule has 0 radical (unpaired) electrons. The molecule has 1 N–H and O–H groups in total. The van der Waals surface area contributed by atoms with Crippen molar-refractivity contribution in [2.45, 2.75) is 52.2 Å². The van der Waals surface area contributed by atoms with E-state index in [1.54, 1.807) is 31.3 Å². The van der Waals surface area contributed by atoms with E-state index >= 15 is 0 Å². The van der Waals surface area contributed by atoms with Crippen molar-refractivity contribution in [1.29, 1.82) is 0 Å². The lowest BCUT2D eigenvalue weighted by atomic mass is 10.0. The topological polar surface area (TPSA) is 77.1 Å². The molecule has 1 aliphatic heterocycles. The highest BCUT2D eigenvalue weighted by atomic mass is 16.6. The molecule has 150 valence electrons. The second-order valence-electron chi connectivity index (χ2n) is 7.74. The highest BCUT2D eigenvalue weighted by Gasteiger charge is 2.28.